The summed E-state index contributed by atoms with van der Waals surface area (Å²) >= 11 is 0. The number of carbonyl (C=O) groups excluding carboxylic acids is 2. The third-order valence-electron chi connectivity index (χ3n) is 8.29. The van der Waals surface area contributed by atoms with Crippen LogP contribution in [0.2, 0.25) is 0 Å². The van der Waals surface area contributed by atoms with E-state index in [0.29, 0.717) is 5.56 Å². The van der Waals surface area contributed by atoms with Crippen molar-refractivity contribution in [2.45, 2.75) is 43.4 Å². The lowest BCUT2D eigenvalue weighted by atomic mass is 9.95. The van der Waals surface area contributed by atoms with E-state index in [2.05, 4.69) is 0 Å². The lowest BCUT2D eigenvalue weighted by molar-refractivity contribution is -0.388. The van der Waals surface area contributed by atoms with Crippen molar-refractivity contribution in [2.75, 3.05) is 56.4 Å². The van der Waals surface area contributed by atoms with E-state index in [1.54, 1.807) is 6.92 Å². The summed E-state index contributed by atoms with van der Waals surface area (Å²) in [7, 11) is 9.98. The van der Waals surface area contributed by atoms with Crippen molar-refractivity contribution in [2.24, 2.45) is 0 Å². The van der Waals surface area contributed by atoms with Crippen LogP contribution in [-0.2, 0) is 34.2 Å². The van der Waals surface area contributed by atoms with E-state index >= 15 is 0 Å². The molecule has 1 unspecified atom stereocenters. The van der Waals surface area contributed by atoms with Crippen LogP contribution in [0.15, 0.2) is 54.6 Å². The standard InChI is InChI=1S/C35H40O14/c1-35(21-12-10-9-11-13-21)45-18-26-29(49-35)30(47-32(36)19-14-22(38-2)27(42-6)23(15-19)39-3)31(34(44-8)46-26)48-33(37)20-16-24(40-4)28(43-7)25(17-20)41-5/h9-17,26,29-31,34H,18H2,1-8H3/t26-,29-,30+,31-,34+,35?/m1/s1. The molecule has 0 spiro atoms. The highest BCUT2D eigenvalue weighted by Gasteiger charge is 2.56. The Morgan fingerprint density at radius 1 is 0.673 bits per heavy atom. The number of esters is 2. The van der Waals surface area contributed by atoms with Crippen LogP contribution in [0.25, 0.3) is 0 Å². The van der Waals surface area contributed by atoms with Gasteiger partial charge in [0.15, 0.2) is 47.3 Å². The van der Waals surface area contributed by atoms with Crippen molar-refractivity contribution in [1.82, 2.24) is 0 Å². The van der Waals surface area contributed by atoms with Crippen molar-refractivity contribution < 1.29 is 66.4 Å². The zero-order chi connectivity index (χ0) is 35.3. The molecular weight excluding hydrogens is 644 g/mol. The molecule has 3 aromatic rings. The van der Waals surface area contributed by atoms with Crippen LogP contribution in [0.3, 0.4) is 0 Å². The lowest BCUT2D eigenvalue weighted by Crippen LogP contribution is -2.66. The Balaban J connectivity index is 1.55. The van der Waals surface area contributed by atoms with E-state index in [1.165, 1.54) is 74.0 Å². The fourth-order valence-electron chi connectivity index (χ4n) is 5.81. The van der Waals surface area contributed by atoms with Crippen molar-refractivity contribution in [3.63, 3.8) is 0 Å². The second-order valence-corrected chi connectivity index (χ2v) is 11.1. The highest BCUT2D eigenvalue weighted by atomic mass is 16.8. The van der Waals surface area contributed by atoms with Gasteiger partial charge >= 0.3 is 11.9 Å². The smallest absolute Gasteiger partial charge is 0.339 e. The third-order valence-corrected chi connectivity index (χ3v) is 8.29. The second-order valence-electron chi connectivity index (χ2n) is 11.1. The largest absolute Gasteiger partial charge is 0.493 e. The van der Waals surface area contributed by atoms with E-state index in [9.17, 15) is 9.59 Å². The van der Waals surface area contributed by atoms with E-state index in [-0.39, 0.29) is 52.2 Å². The van der Waals surface area contributed by atoms with Gasteiger partial charge in [-0.3, -0.25) is 0 Å². The first kappa shape index (κ1) is 35.5. The Bertz CT molecular complexity index is 1580. The normalized spacial score (nSPS) is 24.5. The molecule has 0 saturated carbocycles. The summed E-state index contributed by atoms with van der Waals surface area (Å²) in [6.45, 7) is 1.79. The van der Waals surface area contributed by atoms with Gasteiger partial charge in [0.1, 0.15) is 12.2 Å². The summed E-state index contributed by atoms with van der Waals surface area (Å²) in [5, 5.41) is 0. The number of ether oxygens (including phenoxy) is 12. The van der Waals surface area contributed by atoms with Crippen LogP contribution in [0, 0.1) is 0 Å². The molecule has 3 aromatic carbocycles. The molecule has 2 aliphatic heterocycles. The molecule has 14 heteroatoms. The summed E-state index contributed by atoms with van der Waals surface area (Å²) in [5.74, 6) is -1.39. The Kier molecular flexibility index (Phi) is 11.0. The van der Waals surface area contributed by atoms with Gasteiger partial charge in [-0.1, -0.05) is 30.3 Å². The van der Waals surface area contributed by atoms with Crippen molar-refractivity contribution in [3.8, 4) is 34.5 Å². The first-order valence-electron chi connectivity index (χ1n) is 15.2. The molecule has 2 aliphatic rings. The van der Waals surface area contributed by atoms with Crippen LogP contribution < -0.4 is 28.4 Å². The number of hydrogen-bond acceptors (Lipinski definition) is 14. The molecule has 0 radical (unpaired) electrons. The maximum absolute atomic E-state index is 14.0. The summed E-state index contributed by atoms with van der Waals surface area (Å²) < 4.78 is 69.3. The van der Waals surface area contributed by atoms with Gasteiger partial charge in [0, 0.05) is 12.7 Å². The number of methoxy groups -OCH3 is 7. The van der Waals surface area contributed by atoms with E-state index in [1.807, 2.05) is 30.3 Å². The Labute approximate surface area is 283 Å². The summed E-state index contributed by atoms with van der Waals surface area (Å²) in [6.07, 6.45) is -5.57. The highest BCUT2D eigenvalue weighted by molar-refractivity contribution is 5.92. The van der Waals surface area contributed by atoms with Gasteiger partial charge in [-0.15, -0.1) is 0 Å². The van der Waals surface area contributed by atoms with Crippen LogP contribution in [-0.4, -0.2) is 99.0 Å². The summed E-state index contributed by atoms with van der Waals surface area (Å²) in [5.41, 5.74) is 0.838. The minimum Gasteiger partial charge on any atom is -0.493 e. The number of benzene rings is 3. The average molecular weight is 685 g/mol. The number of fused-ring (bicyclic) bond motifs is 1. The number of hydrogen-bond donors (Lipinski definition) is 0. The highest BCUT2D eigenvalue weighted by Crippen LogP contribution is 2.43. The van der Waals surface area contributed by atoms with Gasteiger partial charge in [-0.2, -0.15) is 0 Å². The fourth-order valence-corrected chi connectivity index (χ4v) is 5.81. The zero-order valence-electron chi connectivity index (χ0n) is 28.5. The van der Waals surface area contributed by atoms with Crippen LogP contribution in [0.5, 0.6) is 34.5 Å². The summed E-state index contributed by atoms with van der Waals surface area (Å²) in [6, 6.07) is 15.0. The fraction of sp³-hybridized carbons (Fsp3) is 0.429. The van der Waals surface area contributed by atoms with E-state index < -0.39 is 48.4 Å². The van der Waals surface area contributed by atoms with Gasteiger partial charge in [-0.25, -0.2) is 9.59 Å². The molecule has 0 bridgehead atoms. The zero-order valence-corrected chi connectivity index (χ0v) is 28.5. The maximum Gasteiger partial charge on any atom is 0.339 e. The molecule has 2 fully saturated rings. The van der Waals surface area contributed by atoms with Gasteiger partial charge in [0.25, 0.3) is 0 Å². The van der Waals surface area contributed by atoms with Gasteiger partial charge in [-0.05, 0) is 31.2 Å². The predicted octanol–water partition coefficient (Wildman–Crippen LogP) is 4.15. The Morgan fingerprint density at radius 2 is 1.14 bits per heavy atom. The van der Waals surface area contributed by atoms with Crippen LogP contribution in [0.4, 0.5) is 0 Å². The molecular formula is C35H40O14. The molecule has 0 aromatic heterocycles. The minimum atomic E-state index is -1.33. The number of carbonyl (C=O) groups is 2. The van der Waals surface area contributed by atoms with Gasteiger partial charge < -0.3 is 56.8 Å². The SMILES string of the molecule is COc1cc(C(=O)O[C@@H]2[C@@H](OC(=O)c3cc(OC)c(OC)c(OC)c3)[C@@H](OC)O[C@@H]3COC(C)(c4ccccc4)O[C@@H]23)cc(OC)c1OC. The van der Waals surface area contributed by atoms with Crippen molar-refractivity contribution in [1.29, 1.82) is 0 Å². The van der Waals surface area contributed by atoms with E-state index in [4.69, 9.17) is 56.8 Å². The molecule has 2 saturated heterocycles. The average Bonchev–Trinajstić information content (AvgIpc) is 3.14. The van der Waals surface area contributed by atoms with Crippen molar-refractivity contribution >= 4 is 11.9 Å². The number of rotatable bonds is 12. The molecule has 6 atom stereocenters. The van der Waals surface area contributed by atoms with Crippen molar-refractivity contribution in [3.05, 3.63) is 71.3 Å². The Morgan fingerprint density at radius 3 is 1.57 bits per heavy atom. The Hall–Kier alpha value is -4.76. The molecule has 49 heavy (non-hydrogen) atoms. The third kappa shape index (κ3) is 7.04. The molecule has 5 rings (SSSR count). The van der Waals surface area contributed by atoms with E-state index in [0.717, 1.165) is 0 Å². The molecule has 14 nitrogen and oxygen atoms in total. The minimum absolute atomic E-state index is 0.0434. The van der Waals surface area contributed by atoms with Crippen LogP contribution >= 0.6 is 0 Å². The molecule has 0 N–H and O–H groups in total. The molecule has 0 amide bonds. The van der Waals surface area contributed by atoms with Crippen LogP contribution in [0.1, 0.15) is 33.2 Å². The predicted molar refractivity (Wildman–Crippen MR) is 171 cm³/mol. The molecule has 0 aliphatic carbocycles. The second kappa shape index (κ2) is 15.2. The topological polar surface area (TPSA) is 145 Å². The first-order chi connectivity index (χ1) is 23.6. The molecule has 2 heterocycles. The lowest BCUT2D eigenvalue weighted by Gasteiger charge is -2.50. The summed E-state index contributed by atoms with van der Waals surface area (Å²) in [4.78, 5) is 27.8. The first-order valence-corrected chi connectivity index (χ1v) is 15.2. The van der Waals surface area contributed by atoms with Gasteiger partial charge in [0.2, 0.25) is 11.5 Å². The quantitative estimate of drug-likeness (QED) is 0.252. The monoisotopic (exact) mass is 684 g/mol. The van der Waals surface area contributed by atoms with Gasteiger partial charge in [0.05, 0.1) is 60.4 Å². The maximum atomic E-state index is 14.0. The molecule has 264 valence electrons.